The van der Waals surface area contributed by atoms with Crippen molar-refractivity contribution in [1.82, 2.24) is 19.9 Å². The zero-order valence-electron chi connectivity index (χ0n) is 18.4. The van der Waals surface area contributed by atoms with Crippen LogP contribution in [0.5, 0.6) is 5.75 Å². The smallest absolute Gasteiger partial charge is 0.241 e. The van der Waals surface area contributed by atoms with Crippen LogP contribution in [0.2, 0.25) is 0 Å². The maximum Gasteiger partial charge on any atom is 0.241 e. The van der Waals surface area contributed by atoms with Gasteiger partial charge in [0.1, 0.15) is 5.75 Å². The number of piperidine rings is 1. The third kappa shape index (κ3) is 5.39. The van der Waals surface area contributed by atoms with Gasteiger partial charge in [0.25, 0.3) is 0 Å². The summed E-state index contributed by atoms with van der Waals surface area (Å²) in [7, 11) is 0. The Morgan fingerprint density at radius 3 is 2.53 bits per heavy atom. The molecular formula is C23H34N4O3. The van der Waals surface area contributed by atoms with Crippen LogP contribution in [0.4, 0.5) is 0 Å². The molecule has 7 nitrogen and oxygen atoms in total. The molecule has 0 aliphatic carbocycles. The van der Waals surface area contributed by atoms with Crippen molar-refractivity contribution >= 4 is 0 Å². The van der Waals surface area contributed by atoms with Gasteiger partial charge in [0.15, 0.2) is 0 Å². The molecule has 1 aromatic heterocycles. The SMILES string of the molecule is CCOc1ccccc1-c1noc(CN2CCC(CN3CC(C)OC(C)C3)CC2)n1. The Bertz CT molecular complexity index is 793. The van der Waals surface area contributed by atoms with E-state index in [1.165, 1.54) is 19.4 Å². The fourth-order valence-electron chi connectivity index (χ4n) is 4.68. The summed E-state index contributed by atoms with van der Waals surface area (Å²) in [6, 6.07) is 7.83. The first-order valence-corrected chi connectivity index (χ1v) is 11.3. The maximum atomic E-state index is 5.86. The summed E-state index contributed by atoms with van der Waals surface area (Å²) in [6.07, 6.45) is 3.12. The van der Waals surface area contributed by atoms with E-state index in [9.17, 15) is 0 Å². The fraction of sp³-hybridized carbons (Fsp3) is 0.652. The van der Waals surface area contributed by atoms with Gasteiger partial charge in [-0.3, -0.25) is 9.80 Å². The molecule has 0 radical (unpaired) electrons. The number of nitrogens with zero attached hydrogens (tertiary/aromatic N) is 4. The summed E-state index contributed by atoms with van der Waals surface area (Å²) in [5, 5.41) is 4.19. The van der Waals surface area contributed by atoms with Crippen molar-refractivity contribution in [2.45, 2.75) is 52.4 Å². The van der Waals surface area contributed by atoms with Crippen LogP contribution in [-0.4, -0.2) is 71.5 Å². The first-order valence-electron chi connectivity index (χ1n) is 11.3. The van der Waals surface area contributed by atoms with Crippen molar-refractivity contribution < 1.29 is 14.0 Å². The van der Waals surface area contributed by atoms with Gasteiger partial charge in [0.05, 0.1) is 30.9 Å². The molecule has 30 heavy (non-hydrogen) atoms. The highest BCUT2D eigenvalue weighted by Crippen LogP contribution is 2.28. The summed E-state index contributed by atoms with van der Waals surface area (Å²) >= 11 is 0. The molecule has 2 aliphatic heterocycles. The van der Waals surface area contributed by atoms with Crippen LogP contribution in [0, 0.1) is 5.92 Å². The number of likely N-dealkylation sites (tertiary alicyclic amines) is 1. The predicted molar refractivity (Wildman–Crippen MR) is 115 cm³/mol. The van der Waals surface area contributed by atoms with Gasteiger partial charge in [-0.2, -0.15) is 4.98 Å². The number of hydrogen-bond donors (Lipinski definition) is 0. The van der Waals surface area contributed by atoms with Crippen molar-refractivity contribution in [3.63, 3.8) is 0 Å². The highest BCUT2D eigenvalue weighted by Gasteiger charge is 2.27. The summed E-state index contributed by atoms with van der Waals surface area (Å²) in [6.45, 7) is 13.1. The maximum absolute atomic E-state index is 5.86. The van der Waals surface area contributed by atoms with Crippen molar-refractivity contribution in [1.29, 1.82) is 0 Å². The molecular weight excluding hydrogens is 380 g/mol. The number of rotatable bonds is 7. The van der Waals surface area contributed by atoms with Gasteiger partial charge in [0, 0.05) is 19.6 Å². The number of morpholine rings is 1. The monoisotopic (exact) mass is 414 g/mol. The summed E-state index contributed by atoms with van der Waals surface area (Å²) in [4.78, 5) is 9.63. The molecule has 0 N–H and O–H groups in total. The van der Waals surface area contributed by atoms with Crippen molar-refractivity contribution in [2.75, 3.05) is 39.3 Å². The van der Waals surface area contributed by atoms with Crippen LogP contribution in [-0.2, 0) is 11.3 Å². The zero-order valence-corrected chi connectivity index (χ0v) is 18.4. The topological polar surface area (TPSA) is 63.9 Å². The third-order valence-electron chi connectivity index (χ3n) is 5.97. The van der Waals surface area contributed by atoms with Gasteiger partial charge in [0.2, 0.25) is 11.7 Å². The molecule has 2 fully saturated rings. The Labute approximate surface area is 179 Å². The first-order chi connectivity index (χ1) is 14.6. The van der Waals surface area contributed by atoms with Gasteiger partial charge >= 0.3 is 0 Å². The largest absolute Gasteiger partial charge is 0.493 e. The zero-order chi connectivity index (χ0) is 20.9. The van der Waals surface area contributed by atoms with E-state index < -0.39 is 0 Å². The van der Waals surface area contributed by atoms with E-state index >= 15 is 0 Å². The van der Waals surface area contributed by atoms with Gasteiger partial charge in [-0.1, -0.05) is 17.3 Å². The van der Waals surface area contributed by atoms with Gasteiger partial charge in [-0.25, -0.2) is 0 Å². The number of hydrogen-bond acceptors (Lipinski definition) is 7. The molecule has 2 saturated heterocycles. The predicted octanol–water partition coefficient (Wildman–Crippen LogP) is 3.46. The summed E-state index contributed by atoms with van der Waals surface area (Å²) < 4.78 is 17.1. The van der Waals surface area contributed by atoms with Crippen molar-refractivity contribution in [2.24, 2.45) is 5.92 Å². The van der Waals surface area contributed by atoms with E-state index in [2.05, 4.69) is 33.8 Å². The summed E-state index contributed by atoms with van der Waals surface area (Å²) in [5.41, 5.74) is 0.877. The Balaban J connectivity index is 1.28. The Hall–Kier alpha value is -1.96. The minimum Gasteiger partial charge on any atom is -0.493 e. The molecule has 7 heteroatoms. The lowest BCUT2D eigenvalue weighted by Crippen LogP contribution is -2.48. The number of benzene rings is 1. The van der Waals surface area contributed by atoms with Crippen molar-refractivity contribution in [3.05, 3.63) is 30.2 Å². The van der Waals surface area contributed by atoms with Crippen LogP contribution < -0.4 is 4.74 Å². The molecule has 1 aromatic carbocycles. The Morgan fingerprint density at radius 1 is 1.07 bits per heavy atom. The highest BCUT2D eigenvalue weighted by atomic mass is 16.5. The summed E-state index contributed by atoms with van der Waals surface area (Å²) in [5.74, 6) is 2.82. The average molecular weight is 415 g/mol. The highest BCUT2D eigenvalue weighted by molar-refractivity contribution is 5.63. The minimum atomic E-state index is 0.341. The van der Waals surface area contributed by atoms with Crippen LogP contribution in [0.25, 0.3) is 11.4 Å². The van der Waals surface area contributed by atoms with E-state index in [-0.39, 0.29) is 0 Å². The average Bonchev–Trinajstić information content (AvgIpc) is 3.18. The second-order valence-electron chi connectivity index (χ2n) is 8.64. The minimum absolute atomic E-state index is 0.341. The van der Waals surface area contributed by atoms with Crippen molar-refractivity contribution in [3.8, 4) is 17.1 Å². The third-order valence-corrected chi connectivity index (χ3v) is 5.97. The number of aromatic nitrogens is 2. The normalized spacial score (nSPS) is 24.2. The molecule has 0 spiro atoms. The molecule has 3 heterocycles. The molecule has 2 aromatic rings. The molecule has 0 saturated carbocycles. The standard InChI is InChI=1S/C23H34N4O3/c1-4-28-21-8-6-5-7-20(21)23-24-22(30-25-23)16-26-11-9-19(10-12-26)15-27-13-17(2)29-18(3)14-27/h5-8,17-19H,4,9-16H2,1-3H3. The molecule has 4 rings (SSSR count). The Morgan fingerprint density at radius 2 is 1.80 bits per heavy atom. The lowest BCUT2D eigenvalue weighted by atomic mass is 9.95. The molecule has 0 bridgehead atoms. The van der Waals surface area contributed by atoms with Gasteiger partial charge in [-0.15, -0.1) is 0 Å². The van der Waals surface area contributed by atoms with Crippen LogP contribution in [0.1, 0.15) is 39.5 Å². The Kier molecular flexibility index (Phi) is 7.02. The second kappa shape index (κ2) is 9.90. The first kappa shape index (κ1) is 21.3. The van der Waals surface area contributed by atoms with Gasteiger partial charge in [-0.05, 0) is 64.8 Å². The van der Waals surface area contributed by atoms with Crippen LogP contribution in [0.15, 0.2) is 28.8 Å². The van der Waals surface area contributed by atoms with E-state index in [1.807, 2.05) is 31.2 Å². The van der Waals surface area contributed by atoms with E-state index in [0.717, 1.165) is 43.4 Å². The lowest BCUT2D eigenvalue weighted by Gasteiger charge is -2.39. The fourth-order valence-corrected chi connectivity index (χ4v) is 4.68. The lowest BCUT2D eigenvalue weighted by molar-refractivity contribution is -0.0732. The molecule has 2 atom stereocenters. The van der Waals surface area contributed by atoms with Crippen LogP contribution >= 0.6 is 0 Å². The van der Waals surface area contributed by atoms with E-state index in [1.54, 1.807) is 0 Å². The quantitative estimate of drug-likeness (QED) is 0.687. The van der Waals surface area contributed by atoms with E-state index in [4.69, 9.17) is 14.0 Å². The molecule has 2 unspecified atom stereocenters. The number of para-hydroxylation sites is 1. The molecule has 164 valence electrons. The second-order valence-corrected chi connectivity index (χ2v) is 8.64. The van der Waals surface area contributed by atoms with E-state index in [0.29, 0.717) is 37.1 Å². The van der Waals surface area contributed by atoms with Gasteiger partial charge < -0.3 is 14.0 Å². The molecule has 0 amide bonds. The number of ether oxygens (including phenoxy) is 2. The molecule has 2 aliphatic rings. The van der Waals surface area contributed by atoms with Crippen LogP contribution in [0.3, 0.4) is 0 Å².